The monoisotopic (exact) mass is 353 g/mol. The number of benzene rings is 1. The van der Waals surface area contributed by atoms with E-state index in [-0.39, 0.29) is 29.5 Å². The number of anilines is 1. The molecular formula is C18H25F2N3O2. The Morgan fingerprint density at radius 2 is 1.72 bits per heavy atom. The standard InChI is InChI=1S/C18H25F2N3O2/c1-12(2)16(24)23-10-8-15(9-11-23)22-17(25)21-14-6-4-13(5-7-14)18(3,19)20/h4-7,12,15H,8-11H2,1-3H3,(H2,21,22,25). The SMILES string of the molecule is CC(C)C(=O)N1CCC(NC(=O)Nc2ccc(C(C)(F)F)cc2)CC1. The highest BCUT2D eigenvalue weighted by molar-refractivity contribution is 5.89. The molecular weight excluding hydrogens is 328 g/mol. The van der Waals surface area contributed by atoms with Crippen LogP contribution in [0.2, 0.25) is 0 Å². The molecule has 0 spiro atoms. The van der Waals surface area contributed by atoms with E-state index in [0.29, 0.717) is 31.6 Å². The Hall–Kier alpha value is -2.18. The lowest BCUT2D eigenvalue weighted by Gasteiger charge is -2.33. The number of likely N-dealkylation sites (tertiary alicyclic amines) is 1. The summed E-state index contributed by atoms with van der Waals surface area (Å²) in [5, 5.41) is 5.51. The molecule has 1 aliphatic heterocycles. The molecule has 1 aliphatic rings. The predicted octanol–water partition coefficient (Wildman–Crippen LogP) is 3.57. The van der Waals surface area contributed by atoms with Crippen molar-refractivity contribution in [3.8, 4) is 0 Å². The molecule has 0 atom stereocenters. The second-order valence-corrected chi connectivity index (χ2v) is 6.82. The van der Waals surface area contributed by atoms with Crippen LogP contribution in [0, 0.1) is 5.92 Å². The van der Waals surface area contributed by atoms with Gasteiger partial charge in [0.2, 0.25) is 5.91 Å². The molecule has 5 nitrogen and oxygen atoms in total. The second kappa shape index (κ2) is 7.80. The summed E-state index contributed by atoms with van der Waals surface area (Å²) in [6.45, 7) is 5.84. The van der Waals surface area contributed by atoms with E-state index in [1.54, 1.807) is 0 Å². The number of halogens is 2. The number of carbonyl (C=O) groups is 2. The quantitative estimate of drug-likeness (QED) is 0.869. The summed E-state index contributed by atoms with van der Waals surface area (Å²) in [5.41, 5.74) is 0.360. The number of hydrogen-bond donors (Lipinski definition) is 2. The molecule has 7 heteroatoms. The van der Waals surface area contributed by atoms with E-state index >= 15 is 0 Å². The van der Waals surface area contributed by atoms with Gasteiger partial charge in [-0.15, -0.1) is 0 Å². The molecule has 0 bridgehead atoms. The molecule has 0 unspecified atom stereocenters. The van der Waals surface area contributed by atoms with Gasteiger partial charge in [-0.1, -0.05) is 26.0 Å². The summed E-state index contributed by atoms with van der Waals surface area (Å²) in [5.74, 6) is -2.79. The largest absolute Gasteiger partial charge is 0.342 e. The van der Waals surface area contributed by atoms with Crippen molar-refractivity contribution in [2.24, 2.45) is 5.92 Å². The van der Waals surface area contributed by atoms with Gasteiger partial charge in [-0.05, 0) is 25.0 Å². The third kappa shape index (κ3) is 5.41. The van der Waals surface area contributed by atoms with Crippen LogP contribution in [0.15, 0.2) is 24.3 Å². The molecule has 138 valence electrons. The van der Waals surface area contributed by atoms with Crippen LogP contribution in [-0.2, 0) is 10.7 Å². The van der Waals surface area contributed by atoms with E-state index in [1.807, 2.05) is 18.7 Å². The van der Waals surface area contributed by atoms with Gasteiger partial charge in [0, 0.05) is 43.2 Å². The van der Waals surface area contributed by atoms with Crippen LogP contribution in [0.1, 0.15) is 39.2 Å². The molecule has 0 aliphatic carbocycles. The number of urea groups is 1. The number of amides is 3. The summed E-state index contributed by atoms with van der Waals surface area (Å²) < 4.78 is 26.3. The lowest BCUT2D eigenvalue weighted by molar-refractivity contribution is -0.135. The number of hydrogen-bond acceptors (Lipinski definition) is 2. The summed E-state index contributed by atoms with van der Waals surface area (Å²) in [6, 6.07) is 5.13. The molecule has 0 saturated carbocycles. The van der Waals surface area contributed by atoms with Gasteiger partial charge in [0.25, 0.3) is 5.92 Å². The van der Waals surface area contributed by atoms with Crippen LogP contribution in [0.3, 0.4) is 0 Å². The number of alkyl halides is 2. The van der Waals surface area contributed by atoms with Crippen molar-refractivity contribution < 1.29 is 18.4 Å². The molecule has 3 amide bonds. The zero-order valence-corrected chi connectivity index (χ0v) is 14.8. The molecule has 1 aromatic carbocycles. The van der Waals surface area contributed by atoms with Crippen LogP contribution < -0.4 is 10.6 Å². The van der Waals surface area contributed by atoms with Crippen molar-refractivity contribution in [1.29, 1.82) is 0 Å². The second-order valence-electron chi connectivity index (χ2n) is 6.82. The third-order valence-electron chi connectivity index (χ3n) is 4.29. The average Bonchev–Trinajstić information content (AvgIpc) is 2.54. The van der Waals surface area contributed by atoms with Crippen molar-refractivity contribution in [3.05, 3.63) is 29.8 Å². The molecule has 25 heavy (non-hydrogen) atoms. The Labute approximate surface area is 146 Å². The Morgan fingerprint density at radius 3 is 2.20 bits per heavy atom. The van der Waals surface area contributed by atoms with E-state index in [1.165, 1.54) is 24.3 Å². The van der Waals surface area contributed by atoms with Gasteiger partial charge >= 0.3 is 6.03 Å². The molecule has 2 N–H and O–H groups in total. The Kier molecular flexibility index (Phi) is 5.98. The van der Waals surface area contributed by atoms with Crippen molar-refractivity contribution in [3.63, 3.8) is 0 Å². The summed E-state index contributed by atoms with van der Waals surface area (Å²) in [4.78, 5) is 25.8. The Morgan fingerprint density at radius 1 is 1.16 bits per heavy atom. The molecule has 2 rings (SSSR count). The molecule has 0 radical (unpaired) electrons. The Balaban J connectivity index is 1.80. The minimum absolute atomic E-state index is 0.00420. The number of nitrogens with zero attached hydrogens (tertiary/aromatic N) is 1. The molecule has 1 aromatic rings. The van der Waals surface area contributed by atoms with Gasteiger partial charge < -0.3 is 15.5 Å². The van der Waals surface area contributed by atoms with E-state index in [9.17, 15) is 18.4 Å². The first-order chi connectivity index (χ1) is 11.7. The van der Waals surface area contributed by atoms with Crippen LogP contribution in [0.25, 0.3) is 0 Å². The maximum atomic E-state index is 13.2. The zero-order chi connectivity index (χ0) is 18.6. The van der Waals surface area contributed by atoms with Crippen molar-refractivity contribution in [2.75, 3.05) is 18.4 Å². The van der Waals surface area contributed by atoms with E-state index in [4.69, 9.17) is 0 Å². The topological polar surface area (TPSA) is 61.4 Å². The molecule has 1 fully saturated rings. The minimum Gasteiger partial charge on any atom is -0.342 e. The summed E-state index contributed by atoms with van der Waals surface area (Å²) >= 11 is 0. The highest BCUT2D eigenvalue weighted by Crippen LogP contribution is 2.27. The van der Waals surface area contributed by atoms with Crippen molar-refractivity contribution in [1.82, 2.24) is 10.2 Å². The normalized spacial score (nSPS) is 16.0. The highest BCUT2D eigenvalue weighted by atomic mass is 19.3. The van der Waals surface area contributed by atoms with Gasteiger partial charge in [0.15, 0.2) is 0 Å². The van der Waals surface area contributed by atoms with E-state index < -0.39 is 5.92 Å². The zero-order valence-electron chi connectivity index (χ0n) is 14.8. The van der Waals surface area contributed by atoms with Gasteiger partial charge in [-0.3, -0.25) is 4.79 Å². The average molecular weight is 353 g/mol. The number of rotatable bonds is 4. The number of carbonyl (C=O) groups excluding carboxylic acids is 2. The fraction of sp³-hybridized carbons (Fsp3) is 0.556. The smallest absolute Gasteiger partial charge is 0.319 e. The maximum Gasteiger partial charge on any atom is 0.319 e. The maximum absolute atomic E-state index is 13.2. The van der Waals surface area contributed by atoms with Gasteiger partial charge in [-0.25, -0.2) is 13.6 Å². The fourth-order valence-corrected chi connectivity index (χ4v) is 2.81. The number of piperidine rings is 1. The molecule has 0 aromatic heterocycles. The van der Waals surface area contributed by atoms with Crippen LogP contribution >= 0.6 is 0 Å². The first-order valence-corrected chi connectivity index (χ1v) is 8.51. The number of nitrogens with one attached hydrogen (secondary N) is 2. The Bertz CT molecular complexity index is 604. The van der Waals surface area contributed by atoms with Crippen LogP contribution in [0.5, 0.6) is 0 Å². The first-order valence-electron chi connectivity index (χ1n) is 8.51. The van der Waals surface area contributed by atoms with Gasteiger partial charge in [-0.2, -0.15) is 0 Å². The van der Waals surface area contributed by atoms with Crippen molar-refractivity contribution >= 4 is 17.6 Å². The van der Waals surface area contributed by atoms with Gasteiger partial charge in [0.05, 0.1) is 0 Å². The molecule has 1 heterocycles. The van der Waals surface area contributed by atoms with Crippen molar-refractivity contribution in [2.45, 2.75) is 45.6 Å². The summed E-state index contributed by atoms with van der Waals surface area (Å²) in [7, 11) is 0. The molecule has 1 saturated heterocycles. The lowest BCUT2D eigenvalue weighted by Crippen LogP contribution is -2.48. The van der Waals surface area contributed by atoms with E-state index in [0.717, 1.165) is 6.92 Å². The van der Waals surface area contributed by atoms with Crippen LogP contribution in [0.4, 0.5) is 19.3 Å². The first kappa shape index (κ1) is 19.1. The van der Waals surface area contributed by atoms with E-state index in [2.05, 4.69) is 10.6 Å². The van der Waals surface area contributed by atoms with Crippen LogP contribution in [-0.4, -0.2) is 36.0 Å². The minimum atomic E-state index is -2.90. The third-order valence-corrected chi connectivity index (χ3v) is 4.29. The summed E-state index contributed by atoms with van der Waals surface area (Å²) in [6.07, 6.45) is 1.40. The van der Waals surface area contributed by atoms with Gasteiger partial charge in [0.1, 0.15) is 0 Å². The fourth-order valence-electron chi connectivity index (χ4n) is 2.81. The highest BCUT2D eigenvalue weighted by Gasteiger charge is 2.26. The predicted molar refractivity (Wildman–Crippen MR) is 92.6 cm³/mol. The lowest BCUT2D eigenvalue weighted by atomic mass is 10.0.